The summed E-state index contributed by atoms with van der Waals surface area (Å²) in [5.74, 6) is 0. The average Bonchev–Trinajstić information content (AvgIpc) is 2.12. The van der Waals surface area contributed by atoms with E-state index in [4.69, 9.17) is 11.6 Å². The van der Waals surface area contributed by atoms with Gasteiger partial charge in [0.15, 0.2) is 0 Å². The lowest BCUT2D eigenvalue weighted by atomic mass is 10.0. The van der Waals surface area contributed by atoms with E-state index in [2.05, 4.69) is 27.3 Å². The Hall–Kier alpha value is -0.0500. The molecule has 3 heteroatoms. The van der Waals surface area contributed by atoms with E-state index in [0.29, 0.717) is 0 Å². The van der Waals surface area contributed by atoms with Gasteiger partial charge in [-0.1, -0.05) is 17.7 Å². The predicted molar refractivity (Wildman–Crippen MR) is 54.6 cm³/mol. The molecule has 1 aliphatic heterocycles. The van der Waals surface area contributed by atoms with Crippen molar-refractivity contribution >= 4 is 27.5 Å². The van der Waals surface area contributed by atoms with Gasteiger partial charge in [0.05, 0.1) is 5.02 Å². The lowest BCUT2D eigenvalue weighted by Gasteiger charge is -2.18. The molecule has 0 aliphatic carbocycles. The molecule has 1 nitrogen and oxygen atoms in total. The van der Waals surface area contributed by atoms with Gasteiger partial charge in [0.2, 0.25) is 0 Å². The molecule has 1 heterocycles. The Morgan fingerprint density at radius 2 is 2.25 bits per heavy atom. The van der Waals surface area contributed by atoms with Gasteiger partial charge in [-0.2, -0.15) is 0 Å². The molecule has 1 aliphatic rings. The minimum Gasteiger partial charge on any atom is -0.312 e. The molecule has 1 N–H and O–H groups in total. The minimum absolute atomic E-state index is 0.815. The molecule has 1 aromatic rings. The number of hydrogen-bond donors (Lipinski definition) is 1. The van der Waals surface area contributed by atoms with Crippen LogP contribution in [0.1, 0.15) is 11.1 Å². The third-order valence-electron chi connectivity index (χ3n) is 2.16. The van der Waals surface area contributed by atoms with Crippen LogP contribution >= 0.6 is 27.5 Å². The Morgan fingerprint density at radius 3 is 3.08 bits per heavy atom. The highest BCUT2D eigenvalue weighted by Gasteiger charge is 2.12. The van der Waals surface area contributed by atoms with Crippen molar-refractivity contribution in [3.05, 3.63) is 32.8 Å². The van der Waals surface area contributed by atoms with Crippen LogP contribution in [-0.4, -0.2) is 6.54 Å². The first kappa shape index (κ1) is 8.54. The molecule has 0 aromatic heterocycles. The summed E-state index contributed by atoms with van der Waals surface area (Å²) < 4.78 is 1.07. The highest BCUT2D eigenvalue weighted by molar-refractivity contribution is 9.10. The average molecular weight is 247 g/mol. The first-order valence-electron chi connectivity index (χ1n) is 3.95. The molecule has 2 rings (SSSR count). The summed E-state index contributed by atoms with van der Waals surface area (Å²) in [6.45, 7) is 2.01. The highest BCUT2D eigenvalue weighted by atomic mass is 79.9. The van der Waals surface area contributed by atoms with E-state index in [1.165, 1.54) is 11.1 Å². The lowest BCUT2D eigenvalue weighted by Crippen LogP contribution is -2.23. The first-order valence-corrected chi connectivity index (χ1v) is 5.12. The first-order chi connectivity index (χ1) is 5.79. The maximum Gasteiger partial charge on any atom is 0.0551 e. The Kier molecular flexibility index (Phi) is 2.40. The second-order valence-electron chi connectivity index (χ2n) is 2.93. The van der Waals surface area contributed by atoms with E-state index < -0.39 is 0 Å². The van der Waals surface area contributed by atoms with E-state index in [9.17, 15) is 0 Å². The molecule has 12 heavy (non-hydrogen) atoms. The lowest BCUT2D eigenvalue weighted by molar-refractivity contribution is 0.642. The number of rotatable bonds is 0. The molecule has 0 bridgehead atoms. The Balaban J connectivity index is 2.54. The van der Waals surface area contributed by atoms with Crippen LogP contribution in [0.25, 0.3) is 0 Å². The smallest absolute Gasteiger partial charge is 0.0551 e. The van der Waals surface area contributed by atoms with Crippen LogP contribution in [0.3, 0.4) is 0 Å². The van der Waals surface area contributed by atoms with Crippen LogP contribution in [0.5, 0.6) is 0 Å². The number of halogens is 2. The molecule has 0 fully saturated rings. The second kappa shape index (κ2) is 3.36. The molecule has 0 saturated heterocycles. The van der Waals surface area contributed by atoms with E-state index in [1.54, 1.807) is 0 Å². The third kappa shape index (κ3) is 1.39. The fraction of sp³-hybridized carbons (Fsp3) is 0.333. The fourth-order valence-corrected chi connectivity index (χ4v) is 2.27. The summed E-state index contributed by atoms with van der Waals surface area (Å²) in [6.07, 6.45) is 1.07. The molecule has 0 unspecified atom stereocenters. The standard InChI is InChI=1S/C9H9BrClN/c10-9-7-3-4-12-5-6(7)1-2-8(9)11/h1-2,12H,3-5H2. The maximum atomic E-state index is 5.98. The summed E-state index contributed by atoms with van der Waals surface area (Å²) in [4.78, 5) is 0. The topological polar surface area (TPSA) is 12.0 Å². The van der Waals surface area contributed by atoms with E-state index >= 15 is 0 Å². The van der Waals surface area contributed by atoms with Crippen LogP contribution in [-0.2, 0) is 13.0 Å². The van der Waals surface area contributed by atoms with Gasteiger partial charge in [-0.25, -0.2) is 0 Å². The quantitative estimate of drug-likeness (QED) is 0.742. The molecular weight excluding hydrogens is 237 g/mol. The van der Waals surface area contributed by atoms with Gasteiger partial charge in [-0.3, -0.25) is 0 Å². The van der Waals surface area contributed by atoms with Crippen LogP contribution in [0.2, 0.25) is 5.02 Å². The normalized spacial score (nSPS) is 15.8. The molecule has 0 radical (unpaired) electrons. The van der Waals surface area contributed by atoms with E-state index in [1.807, 2.05) is 6.07 Å². The monoisotopic (exact) mass is 245 g/mol. The predicted octanol–water partition coefficient (Wildman–Crippen LogP) is 2.75. The zero-order chi connectivity index (χ0) is 8.55. The fourth-order valence-electron chi connectivity index (χ4n) is 1.50. The van der Waals surface area contributed by atoms with Gasteiger partial charge in [0, 0.05) is 11.0 Å². The van der Waals surface area contributed by atoms with E-state index in [0.717, 1.165) is 29.0 Å². The van der Waals surface area contributed by atoms with Crippen molar-refractivity contribution in [2.45, 2.75) is 13.0 Å². The van der Waals surface area contributed by atoms with Crippen molar-refractivity contribution in [2.24, 2.45) is 0 Å². The summed E-state index contributed by atoms with van der Waals surface area (Å²) in [6, 6.07) is 4.03. The number of nitrogens with one attached hydrogen (secondary N) is 1. The third-order valence-corrected chi connectivity index (χ3v) is 3.61. The van der Waals surface area contributed by atoms with Gasteiger partial charge < -0.3 is 5.32 Å². The van der Waals surface area contributed by atoms with Gasteiger partial charge in [0.25, 0.3) is 0 Å². The van der Waals surface area contributed by atoms with Gasteiger partial charge >= 0.3 is 0 Å². The zero-order valence-electron chi connectivity index (χ0n) is 6.53. The Bertz CT molecular complexity index is 312. The molecule has 64 valence electrons. The van der Waals surface area contributed by atoms with Crippen LogP contribution in [0, 0.1) is 0 Å². The number of benzene rings is 1. The van der Waals surface area contributed by atoms with Crippen LogP contribution in [0.4, 0.5) is 0 Å². The molecule has 0 amide bonds. The van der Waals surface area contributed by atoms with Crippen molar-refractivity contribution in [1.82, 2.24) is 5.32 Å². The van der Waals surface area contributed by atoms with Crippen molar-refractivity contribution < 1.29 is 0 Å². The SMILES string of the molecule is Clc1ccc2c(c1Br)CCNC2. The molecule has 0 spiro atoms. The Labute approximate surface area is 85.2 Å². The molecule has 0 atom stereocenters. The van der Waals surface area contributed by atoms with Gasteiger partial charge in [0.1, 0.15) is 0 Å². The van der Waals surface area contributed by atoms with Crippen LogP contribution < -0.4 is 5.32 Å². The van der Waals surface area contributed by atoms with Crippen LogP contribution in [0.15, 0.2) is 16.6 Å². The van der Waals surface area contributed by atoms with Crippen molar-refractivity contribution in [3.63, 3.8) is 0 Å². The van der Waals surface area contributed by atoms with Gasteiger partial charge in [-0.15, -0.1) is 0 Å². The van der Waals surface area contributed by atoms with Crippen molar-refractivity contribution in [3.8, 4) is 0 Å². The summed E-state index contributed by atoms with van der Waals surface area (Å²) >= 11 is 9.48. The van der Waals surface area contributed by atoms with Gasteiger partial charge in [-0.05, 0) is 46.1 Å². The second-order valence-corrected chi connectivity index (χ2v) is 4.13. The number of hydrogen-bond acceptors (Lipinski definition) is 1. The van der Waals surface area contributed by atoms with E-state index in [-0.39, 0.29) is 0 Å². The van der Waals surface area contributed by atoms with Crippen molar-refractivity contribution in [1.29, 1.82) is 0 Å². The summed E-state index contributed by atoms with van der Waals surface area (Å²) in [5, 5.41) is 4.14. The number of fused-ring (bicyclic) bond motifs is 1. The maximum absolute atomic E-state index is 5.98. The highest BCUT2D eigenvalue weighted by Crippen LogP contribution is 2.30. The zero-order valence-corrected chi connectivity index (χ0v) is 8.87. The molecular formula is C9H9BrClN. The molecule has 1 aromatic carbocycles. The largest absolute Gasteiger partial charge is 0.312 e. The summed E-state index contributed by atoms with van der Waals surface area (Å²) in [7, 11) is 0. The molecule has 0 saturated carbocycles. The Morgan fingerprint density at radius 1 is 1.42 bits per heavy atom. The minimum atomic E-state index is 0.815. The van der Waals surface area contributed by atoms with Crippen molar-refractivity contribution in [2.75, 3.05) is 6.54 Å². The summed E-state index contributed by atoms with van der Waals surface area (Å²) in [5.41, 5.74) is 2.72.